The van der Waals surface area contributed by atoms with Gasteiger partial charge < -0.3 is 10.4 Å². The third kappa shape index (κ3) is 2.55. The van der Waals surface area contributed by atoms with Crippen LogP contribution in [0.1, 0.15) is 21.5 Å². The summed E-state index contributed by atoms with van der Waals surface area (Å²) in [5.41, 5.74) is -0.197. The fraction of sp³-hybridized carbons (Fsp3) is 0.125. The Morgan fingerprint density at radius 2 is 2.46 bits per heavy atom. The van der Waals surface area contributed by atoms with E-state index in [-0.39, 0.29) is 11.4 Å². The molecule has 0 spiro atoms. The number of carboxylic acids is 1. The average molecular weight is 183 g/mol. The van der Waals surface area contributed by atoms with Gasteiger partial charge in [-0.1, -0.05) is 0 Å². The Kier molecular flexibility index (Phi) is 1.60. The van der Waals surface area contributed by atoms with E-state index in [0.29, 0.717) is 0 Å². The Morgan fingerprint density at radius 1 is 1.69 bits per heavy atom. The number of carboxylic acid groups (broad SMARTS) is 1. The molecule has 0 unspecified atom stereocenters. The lowest BCUT2D eigenvalue weighted by Gasteiger charge is -2.01. The molecule has 1 rings (SSSR count). The highest BCUT2D eigenvalue weighted by molar-refractivity contribution is 5.91. The fourth-order valence-corrected chi connectivity index (χ4v) is 0.756. The maximum atomic E-state index is 11.1. The van der Waals surface area contributed by atoms with Gasteiger partial charge in [0.2, 0.25) is 5.91 Å². The van der Waals surface area contributed by atoms with Crippen LogP contribution in [0.5, 0.6) is 0 Å². The number of amides is 1. The number of hydrogen-bond acceptors (Lipinski definition) is 3. The maximum absolute atomic E-state index is 11.1. The molecule has 0 atom stereocenters. The number of carbonyl (C=O) groups excluding carboxylic acids is 1. The molecular weight excluding hydrogens is 172 g/mol. The van der Waals surface area contributed by atoms with Crippen molar-refractivity contribution in [3.63, 3.8) is 0 Å². The summed E-state index contributed by atoms with van der Waals surface area (Å²) in [6.45, 7) is -2.77. The molecule has 1 aromatic heterocycles. The van der Waals surface area contributed by atoms with Crippen LogP contribution in [0.2, 0.25) is 0 Å². The molecule has 0 aromatic carbocycles. The highest BCUT2D eigenvalue weighted by Gasteiger charge is 2.04. The summed E-state index contributed by atoms with van der Waals surface area (Å²) in [4.78, 5) is 25.1. The zero-order chi connectivity index (χ0) is 12.3. The van der Waals surface area contributed by atoms with Gasteiger partial charge >= 0.3 is 5.97 Å². The molecule has 0 fully saturated rings. The standard InChI is InChI=1S/C8H8N2O3/c1-5(11)10-6-2-3-9-7(4-6)8(12)13/h2-4H,1H3,(H,12,13)(H,9,10,11)/i1D3. The lowest BCUT2D eigenvalue weighted by atomic mass is 10.3. The van der Waals surface area contributed by atoms with Crippen LogP contribution in [0.3, 0.4) is 0 Å². The predicted molar refractivity (Wildman–Crippen MR) is 45.5 cm³/mol. The van der Waals surface area contributed by atoms with E-state index in [1.807, 2.05) is 0 Å². The molecule has 5 nitrogen and oxygen atoms in total. The highest BCUT2D eigenvalue weighted by atomic mass is 16.4. The number of carbonyl (C=O) groups is 2. The summed E-state index contributed by atoms with van der Waals surface area (Å²) in [7, 11) is 0. The third-order valence-electron chi connectivity index (χ3n) is 1.24. The van der Waals surface area contributed by atoms with Gasteiger partial charge in [0, 0.05) is 22.8 Å². The van der Waals surface area contributed by atoms with E-state index in [4.69, 9.17) is 9.22 Å². The molecule has 1 heterocycles. The zero-order valence-corrected chi connectivity index (χ0v) is 6.44. The lowest BCUT2D eigenvalue weighted by molar-refractivity contribution is -0.114. The van der Waals surface area contributed by atoms with Gasteiger partial charge in [0.15, 0.2) is 0 Å². The molecule has 68 valence electrons. The summed E-state index contributed by atoms with van der Waals surface area (Å²) >= 11 is 0. The van der Waals surface area contributed by atoms with Crippen molar-refractivity contribution >= 4 is 17.6 Å². The number of aromatic carboxylic acids is 1. The van der Waals surface area contributed by atoms with Crippen LogP contribution >= 0.6 is 0 Å². The molecule has 0 aliphatic carbocycles. The van der Waals surface area contributed by atoms with Crippen LogP contribution in [-0.4, -0.2) is 22.0 Å². The molecule has 2 N–H and O–H groups in total. The Hall–Kier alpha value is -1.91. The van der Waals surface area contributed by atoms with Gasteiger partial charge in [-0.05, 0) is 12.1 Å². The van der Waals surface area contributed by atoms with Crippen LogP contribution in [0.15, 0.2) is 18.3 Å². The van der Waals surface area contributed by atoms with Crippen LogP contribution < -0.4 is 5.32 Å². The largest absolute Gasteiger partial charge is 0.477 e. The first-order valence-electron chi connectivity index (χ1n) is 4.81. The first kappa shape index (κ1) is 5.69. The van der Waals surface area contributed by atoms with E-state index >= 15 is 0 Å². The number of pyridine rings is 1. The van der Waals surface area contributed by atoms with Crippen molar-refractivity contribution < 1.29 is 18.8 Å². The Morgan fingerprint density at radius 3 is 3.08 bits per heavy atom. The van der Waals surface area contributed by atoms with Crippen molar-refractivity contribution in [2.45, 2.75) is 6.85 Å². The molecule has 0 saturated carbocycles. The van der Waals surface area contributed by atoms with Gasteiger partial charge in [-0.2, -0.15) is 0 Å². The molecule has 1 aromatic rings. The van der Waals surface area contributed by atoms with Gasteiger partial charge in [0.1, 0.15) is 5.69 Å². The fourth-order valence-electron chi connectivity index (χ4n) is 0.756. The van der Waals surface area contributed by atoms with E-state index in [0.717, 1.165) is 6.07 Å². The van der Waals surface area contributed by atoms with Crippen molar-refractivity contribution in [2.75, 3.05) is 5.32 Å². The normalized spacial score (nSPS) is 13.7. The van der Waals surface area contributed by atoms with Crippen molar-refractivity contribution in [3.8, 4) is 0 Å². The third-order valence-corrected chi connectivity index (χ3v) is 1.24. The summed E-state index contributed by atoms with van der Waals surface area (Å²) in [5, 5.41) is 10.7. The summed E-state index contributed by atoms with van der Waals surface area (Å²) in [6, 6.07) is 2.38. The topological polar surface area (TPSA) is 79.3 Å². The minimum Gasteiger partial charge on any atom is -0.477 e. The number of rotatable bonds is 2. The van der Waals surface area contributed by atoms with E-state index in [1.54, 1.807) is 0 Å². The number of anilines is 1. The smallest absolute Gasteiger partial charge is 0.354 e. The molecule has 0 bridgehead atoms. The Labute approximate surface area is 78.6 Å². The van der Waals surface area contributed by atoms with Gasteiger partial charge in [-0.25, -0.2) is 9.78 Å². The lowest BCUT2D eigenvalue weighted by Crippen LogP contribution is -2.07. The summed E-state index contributed by atoms with van der Waals surface area (Å²) in [6.07, 6.45) is 1.17. The molecule has 0 aliphatic rings. The van der Waals surface area contributed by atoms with E-state index in [2.05, 4.69) is 10.3 Å². The summed E-state index contributed by atoms with van der Waals surface area (Å²) in [5.74, 6) is -2.43. The zero-order valence-electron chi connectivity index (χ0n) is 9.44. The van der Waals surface area contributed by atoms with Crippen molar-refractivity contribution in [1.29, 1.82) is 0 Å². The van der Waals surface area contributed by atoms with Gasteiger partial charge in [0.05, 0.1) is 0 Å². The quantitative estimate of drug-likeness (QED) is 0.708. The molecule has 0 aliphatic heterocycles. The highest BCUT2D eigenvalue weighted by Crippen LogP contribution is 2.07. The van der Waals surface area contributed by atoms with Crippen LogP contribution in [0.4, 0.5) is 5.69 Å². The van der Waals surface area contributed by atoms with Gasteiger partial charge in [0.25, 0.3) is 0 Å². The van der Waals surface area contributed by atoms with Gasteiger partial charge in [-0.15, -0.1) is 0 Å². The van der Waals surface area contributed by atoms with Crippen LogP contribution in [-0.2, 0) is 4.79 Å². The van der Waals surface area contributed by atoms with Crippen LogP contribution in [0, 0.1) is 0 Å². The van der Waals surface area contributed by atoms with Crippen molar-refractivity contribution in [1.82, 2.24) is 4.98 Å². The molecule has 13 heavy (non-hydrogen) atoms. The number of nitrogens with zero attached hydrogens (tertiary/aromatic N) is 1. The Balaban J connectivity index is 2.87. The van der Waals surface area contributed by atoms with E-state index in [1.165, 1.54) is 12.3 Å². The van der Waals surface area contributed by atoms with E-state index in [9.17, 15) is 9.59 Å². The van der Waals surface area contributed by atoms with E-state index < -0.39 is 18.7 Å². The first-order chi connectivity index (χ1) is 7.30. The second-order valence-corrected chi connectivity index (χ2v) is 2.19. The molecule has 1 amide bonds. The summed E-state index contributed by atoms with van der Waals surface area (Å²) < 4.78 is 20.4. The number of aromatic nitrogens is 1. The van der Waals surface area contributed by atoms with Crippen molar-refractivity contribution in [3.05, 3.63) is 24.0 Å². The number of hydrogen-bond donors (Lipinski definition) is 2. The molecular formula is C8H8N2O3. The second-order valence-electron chi connectivity index (χ2n) is 2.19. The molecule has 0 saturated heterocycles. The SMILES string of the molecule is [2H]C([2H])([2H])C(=O)Nc1ccnc(C(=O)O)c1. The molecule has 5 heteroatoms. The maximum Gasteiger partial charge on any atom is 0.354 e. The van der Waals surface area contributed by atoms with Crippen LogP contribution in [0.25, 0.3) is 0 Å². The second kappa shape index (κ2) is 3.66. The molecule has 0 radical (unpaired) electrons. The van der Waals surface area contributed by atoms with Crippen molar-refractivity contribution in [2.24, 2.45) is 0 Å². The Bertz CT molecular complexity index is 431. The monoisotopic (exact) mass is 183 g/mol. The van der Waals surface area contributed by atoms with Gasteiger partial charge in [-0.3, -0.25) is 4.79 Å². The minimum absolute atomic E-state index is 0.0773. The minimum atomic E-state index is -2.77. The predicted octanol–water partition coefficient (Wildman–Crippen LogP) is 0.738. The average Bonchev–Trinajstić information content (AvgIpc) is 2.16. The number of nitrogens with one attached hydrogen (secondary N) is 1. The first-order valence-corrected chi connectivity index (χ1v) is 3.31.